The maximum Gasteiger partial charge on any atom is 0.279 e. The van der Waals surface area contributed by atoms with Gasteiger partial charge in [-0.15, -0.1) is 11.3 Å². The van der Waals surface area contributed by atoms with Crippen LogP contribution in [0.15, 0.2) is 15.9 Å². The zero-order chi connectivity index (χ0) is 16.3. The molecular weight excluding hydrogens is 368 g/mol. The number of halogens is 1. The second-order valence-electron chi connectivity index (χ2n) is 4.88. The molecule has 0 saturated heterocycles. The van der Waals surface area contributed by atoms with E-state index in [-0.39, 0.29) is 11.8 Å². The number of hydrogen-bond donors (Lipinski definition) is 2. The fourth-order valence-electron chi connectivity index (χ4n) is 2.10. The lowest BCUT2D eigenvalue weighted by Gasteiger charge is -2.06. The first-order chi connectivity index (χ1) is 10.4. The maximum atomic E-state index is 11.8. The first-order valence-electron chi connectivity index (χ1n) is 6.72. The van der Waals surface area contributed by atoms with Gasteiger partial charge in [-0.3, -0.25) is 25.1 Å². The number of rotatable bonds is 4. The van der Waals surface area contributed by atoms with Crippen molar-refractivity contribution in [1.82, 2.24) is 20.6 Å². The molecule has 2 aromatic rings. The van der Waals surface area contributed by atoms with E-state index in [2.05, 4.69) is 31.9 Å². The van der Waals surface area contributed by atoms with Crippen LogP contribution in [0, 0.1) is 13.8 Å². The molecule has 0 aliphatic carbocycles. The lowest BCUT2D eigenvalue weighted by Crippen LogP contribution is -2.41. The summed E-state index contributed by atoms with van der Waals surface area (Å²) in [4.78, 5) is 24.2. The fraction of sp³-hybridized carbons (Fsp3) is 0.357. The van der Waals surface area contributed by atoms with Crippen molar-refractivity contribution in [3.63, 3.8) is 0 Å². The molecular formula is C14H17BrN4O2S. The van der Waals surface area contributed by atoms with Gasteiger partial charge in [0.2, 0.25) is 5.91 Å². The van der Waals surface area contributed by atoms with E-state index in [4.69, 9.17) is 0 Å². The number of amides is 2. The molecule has 22 heavy (non-hydrogen) atoms. The fourth-order valence-corrected chi connectivity index (χ4v) is 3.39. The molecule has 0 spiro atoms. The summed E-state index contributed by atoms with van der Waals surface area (Å²) in [7, 11) is 1.88. The van der Waals surface area contributed by atoms with E-state index in [1.54, 1.807) is 16.8 Å². The molecule has 6 nitrogen and oxygen atoms in total. The molecule has 8 heteroatoms. The summed E-state index contributed by atoms with van der Waals surface area (Å²) < 4.78 is 2.67. The van der Waals surface area contributed by atoms with Crippen LogP contribution in [0.5, 0.6) is 0 Å². The van der Waals surface area contributed by atoms with Crippen LogP contribution < -0.4 is 10.9 Å². The summed E-state index contributed by atoms with van der Waals surface area (Å²) in [6.45, 7) is 3.90. The molecule has 0 fully saturated rings. The van der Waals surface area contributed by atoms with Crippen molar-refractivity contribution in [2.45, 2.75) is 26.7 Å². The third-order valence-corrected chi connectivity index (χ3v) is 5.00. The molecule has 2 aromatic heterocycles. The molecule has 0 bridgehead atoms. The van der Waals surface area contributed by atoms with Crippen LogP contribution in [0.25, 0.3) is 0 Å². The van der Waals surface area contributed by atoms with Gasteiger partial charge in [-0.05, 0) is 53.9 Å². The van der Waals surface area contributed by atoms with Gasteiger partial charge in [0.05, 0.1) is 14.4 Å². The van der Waals surface area contributed by atoms with E-state index >= 15 is 0 Å². The van der Waals surface area contributed by atoms with Gasteiger partial charge in [0.1, 0.15) is 0 Å². The number of nitrogens with one attached hydrogen (secondary N) is 2. The standard InChI is InChI=1S/C14H17BrN4O2S/c1-8-10(9(2)19(3)18-8)4-7-13(20)16-17-14(21)11-5-6-12(15)22-11/h5-6H,4,7H2,1-3H3,(H,16,20)(H,17,21). The second kappa shape index (κ2) is 7.06. The summed E-state index contributed by atoms with van der Waals surface area (Å²) >= 11 is 4.60. The molecule has 2 amide bonds. The largest absolute Gasteiger partial charge is 0.279 e. The highest BCUT2D eigenvalue weighted by Gasteiger charge is 2.13. The van der Waals surface area contributed by atoms with Crippen molar-refractivity contribution in [3.8, 4) is 0 Å². The van der Waals surface area contributed by atoms with E-state index in [9.17, 15) is 9.59 Å². The Morgan fingerprint density at radius 1 is 1.32 bits per heavy atom. The highest BCUT2D eigenvalue weighted by molar-refractivity contribution is 9.11. The molecule has 0 saturated carbocycles. The average Bonchev–Trinajstić information content (AvgIpc) is 3.00. The number of carbonyl (C=O) groups excluding carboxylic acids is 2. The number of aromatic nitrogens is 2. The van der Waals surface area contributed by atoms with Crippen LogP contribution in [0.1, 0.15) is 33.0 Å². The van der Waals surface area contributed by atoms with E-state index in [0.29, 0.717) is 17.7 Å². The molecule has 118 valence electrons. The first-order valence-corrected chi connectivity index (χ1v) is 8.33. The van der Waals surface area contributed by atoms with E-state index in [1.807, 2.05) is 20.9 Å². The Morgan fingerprint density at radius 2 is 2.05 bits per heavy atom. The minimum Gasteiger partial charge on any atom is -0.273 e. The quantitative estimate of drug-likeness (QED) is 0.793. The van der Waals surface area contributed by atoms with Gasteiger partial charge in [-0.2, -0.15) is 5.10 Å². The highest BCUT2D eigenvalue weighted by Crippen LogP contribution is 2.21. The van der Waals surface area contributed by atoms with Crippen LogP contribution >= 0.6 is 27.3 Å². The molecule has 2 N–H and O–H groups in total. The minimum absolute atomic E-state index is 0.230. The Hall–Kier alpha value is -1.67. The number of hydrazine groups is 1. The third-order valence-electron chi connectivity index (χ3n) is 3.37. The highest BCUT2D eigenvalue weighted by atomic mass is 79.9. The summed E-state index contributed by atoms with van der Waals surface area (Å²) in [6, 6.07) is 3.48. The molecule has 2 heterocycles. The minimum atomic E-state index is -0.321. The molecule has 0 radical (unpaired) electrons. The Kier molecular flexibility index (Phi) is 5.36. The number of carbonyl (C=O) groups is 2. The smallest absolute Gasteiger partial charge is 0.273 e. The Bertz CT molecular complexity index is 708. The van der Waals surface area contributed by atoms with Gasteiger partial charge >= 0.3 is 0 Å². The van der Waals surface area contributed by atoms with Crippen LogP contribution in [-0.2, 0) is 18.3 Å². The number of hydrogen-bond acceptors (Lipinski definition) is 4. The molecule has 0 unspecified atom stereocenters. The number of nitrogens with zero attached hydrogens (tertiary/aromatic N) is 2. The van der Waals surface area contributed by atoms with Crippen LogP contribution in [0.4, 0.5) is 0 Å². The van der Waals surface area contributed by atoms with Crippen molar-refractivity contribution in [2.75, 3.05) is 0 Å². The Labute approximate surface area is 141 Å². The molecule has 2 rings (SSSR count). The first kappa shape index (κ1) is 16.7. The van der Waals surface area contributed by atoms with Crippen molar-refractivity contribution in [2.24, 2.45) is 7.05 Å². The van der Waals surface area contributed by atoms with Crippen molar-refractivity contribution >= 4 is 39.1 Å². The molecule has 0 aliphatic heterocycles. The lowest BCUT2D eigenvalue weighted by molar-refractivity contribution is -0.121. The maximum absolute atomic E-state index is 11.8. The van der Waals surface area contributed by atoms with E-state index in [0.717, 1.165) is 20.7 Å². The van der Waals surface area contributed by atoms with Gasteiger partial charge in [-0.1, -0.05) is 0 Å². The zero-order valence-corrected chi connectivity index (χ0v) is 15.0. The lowest BCUT2D eigenvalue weighted by atomic mass is 10.1. The summed E-state index contributed by atoms with van der Waals surface area (Å²) in [5.74, 6) is -0.551. The van der Waals surface area contributed by atoms with Gasteiger partial charge in [-0.25, -0.2) is 0 Å². The SMILES string of the molecule is Cc1nn(C)c(C)c1CCC(=O)NNC(=O)c1ccc(Br)s1. The van der Waals surface area contributed by atoms with Gasteiger partial charge in [0.25, 0.3) is 5.91 Å². The van der Waals surface area contributed by atoms with Crippen LogP contribution in [0.2, 0.25) is 0 Å². The summed E-state index contributed by atoms with van der Waals surface area (Å²) in [6.07, 6.45) is 0.888. The predicted molar refractivity (Wildman–Crippen MR) is 88.6 cm³/mol. The Morgan fingerprint density at radius 3 is 2.59 bits per heavy atom. The van der Waals surface area contributed by atoms with Crippen LogP contribution in [0.3, 0.4) is 0 Å². The Balaban J connectivity index is 1.82. The molecule has 0 atom stereocenters. The van der Waals surface area contributed by atoms with Crippen molar-refractivity contribution < 1.29 is 9.59 Å². The zero-order valence-electron chi connectivity index (χ0n) is 12.6. The van der Waals surface area contributed by atoms with Crippen molar-refractivity contribution in [1.29, 1.82) is 0 Å². The van der Waals surface area contributed by atoms with Gasteiger partial charge in [0, 0.05) is 19.2 Å². The predicted octanol–water partition coefficient (Wildman–Crippen LogP) is 2.25. The molecule has 0 aliphatic rings. The number of aryl methyl sites for hydroxylation is 2. The van der Waals surface area contributed by atoms with E-state index < -0.39 is 0 Å². The van der Waals surface area contributed by atoms with Gasteiger partial charge < -0.3 is 0 Å². The van der Waals surface area contributed by atoms with Gasteiger partial charge in [0.15, 0.2) is 0 Å². The topological polar surface area (TPSA) is 76.0 Å². The monoisotopic (exact) mass is 384 g/mol. The summed E-state index contributed by atoms with van der Waals surface area (Å²) in [5.41, 5.74) is 7.90. The number of thiophene rings is 1. The molecule has 0 aromatic carbocycles. The second-order valence-corrected chi connectivity index (χ2v) is 7.34. The van der Waals surface area contributed by atoms with Crippen LogP contribution in [-0.4, -0.2) is 21.6 Å². The third kappa shape index (κ3) is 3.95. The summed E-state index contributed by atoms with van der Waals surface area (Å²) in [5, 5.41) is 4.32. The average molecular weight is 385 g/mol. The van der Waals surface area contributed by atoms with Crippen molar-refractivity contribution in [3.05, 3.63) is 37.7 Å². The normalized spacial score (nSPS) is 10.5. The van der Waals surface area contributed by atoms with E-state index in [1.165, 1.54) is 11.3 Å².